The number of amides is 1. The lowest BCUT2D eigenvalue weighted by Gasteiger charge is -2.25. The molecule has 0 aliphatic rings. The molecule has 1 aromatic heterocycles. The number of H-pyrrole nitrogens is 1. The highest BCUT2D eigenvalue weighted by molar-refractivity contribution is 5.99. The third-order valence-electron chi connectivity index (χ3n) is 5.13. The summed E-state index contributed by atoms with van der Waals surface area (Å²) in [5, 5.41) is 4.17. The zero-order valence-corrected chi connectivity index (χ0v) is 16.6. The van der Waals surface area contributed by atoms with Crippen LogP contribution in [0, 0.1) is 13.8 Å². The van der Waals surface area contributed by atoms with Gasteiger partial charge in [-0.3, -0.25) is 4.79 Å². The Kier molecular flexibility index (Phi) is 5.51. The van der Waals surface area contributed by atoms with Crippen molar-refractivity contribution in [2.45, 2.75) is 19.9 Å². The van der Waals surface area contributed by atoms with Gasteiger partial charge in [-0.2, -0.15) is 0 Å². The van der Waals surface area contributed by atoms with E-state index in [0.717, 1.165) is 27.9 Å². The van der Waals surface area contributed by atoms with Crippen LogP contribution < -0.4 is 10.1 Å². The molecule has 142 valence electrons. The fourth-order valence-corrected chi connectivity index (χ4v) is 3.34. The minimum absolute atomic E-state index is 0.0593. The second-order valence-corrected chi connectivity index (χ2v) is 7.10. The minimum Gasteiger partial charge on any atom is -0.497 e. The van der Waals surface area contributed by atoms with Crippen molar-refractivity contribution in [3.8, 4) is 5.75 Å². The molecule has 3 aromatic rings. The van der Waals surface area contributed by atoms with Gasteiger partial charge >= 0.3 is 0 Å². The number of carbonyl (C=O) groups is 1. The maximum Gasteiger partial charge on any atom is 0.251 e. The average molecular weight is 365 g/mol. The van der Waals surface area contributed by atoms with Crippen molar-refractivity contribution in [3.05, 3.63) is 64.8 Å². The summed E-state index contributed by atoms with van der Waals surface area (Å²) < 4.78 is 5.32. The monoisotopic (exact) mass is 365 g/mol. The molecule has 5 nitrogen and oxygen atoms in total. The zero-order valence-electron chi connectivity index (χ0n) is 16.6. The van der Waals surface area contributed by atoms with Crippen molar-refractivity contribution in [2.24, 2.45) is 0 Å². The molecule has 1 amide bonds. The number of likely N-dealkylation sites (N-methyl/N-ethyl adjacent to an activating group) is 1. The number of aromatic nitrogens is 1. The quantitative estimate of drug-likeness (QED) is 0.698. The van der Waals surface area contributed by atoms with E-state index in [2.05, 4.69) is 28.2 Å². The van der Waals surface area contributed by atoms with E-state index in [-0.39, 0.29) is 11.9 Å². The molecule has 0 saturated carbocycles. The van der Waals surface area contributed by atoms with Crippen LogP contribution in [-0.4, -0.2) is 43.5 Å². The van der Waals surface area contributed by atoms with E-state index in [9.17, 15) is 4.79 Å². The molecule has 5 heteroatoms. The van der Waals surface area contributed by atoms with E-state index in [0.29, 0.717) is 12.1 Å². The highest BCUT2D eigenvalue weighted by Gasteiger charge is 2.17. The fourth-order valence-electron chi connectivity index (χ4n) is 3.34. The second kappa shape index (κ2) is 7.84. The van der Waals surface area contributed by atoms with Crippen molar-refractivity contribution >= 4 is 16.8 Å². The maximum absolute atomic E-state index is 12.7. The molecule has 0 bridgehead atoms. The van der Waals surface area contributed by atoms with E-state index in [1.807, 2.05) is 57.4 Å². The lowest BCUT2D eigenvalue weighted by atomic mass is 10.0. The first-order chi connectivity index (χ1) is 12.9. The normalized spacial score (nSPS) is 12.4. The van der Waals surface area contributed by atoms with Crippen molar-refractivity contribution in [3.63, 3.8) is 0 Å². The van der Waals surface area contributed by atoms with Gasteiger partial charge in [0.25, 0.3) is 5.91 Å². The van der Waals surface area contributed by atoms with Crippen LogP contribution in [0.5, 0.6) is 5.75 Å². The van der Waals surface area contributed by atoms with Crippen LogP contribution in [-0.2, 0) is 0 Å². The molecule has 0 fully saturated rings. The Labute approximate surface area is 160 Å². The number of fused-ring (bicyclic) bond motifs is 1. The van der Waals surface area contributed by atoms with E-state index in [1.165, 1.54) is 5.56 Å². The number of carbonyl (C=O) groups excluding carboxylic acids is 1. The van der Waals surface area contributed by atoms with E-state index in [1.54, 1.807) is 7.11 Å². The summed E-state index contributed by atoms with van der Waals surface area (Å²) in [5.41, 5.74) is 5.15. The van der Waals surface area contributed by atoms with Crippen molar-refractivity contribution in [2.75, 3.05) is 27.7 Å². The minimum atomic E-state index is -0.0649. The number of nitrogens with zero attached hydrogens (tertiary/aromatic N) is 1. The number of aryl methyl sites for hydroxylation is 2. The Bertz CT molecular complexity index is 959. The average Bonchev–Trinajstić information content (AvgIpc) is 2.95. The van der Waals surface area contributed by atoms with Gasteiger partial charge in [0.2, 0.25) is 0 Å². The van der Waals surface area contributed by atoms with Crippen molar-refractivity contribution in [1.82, 2.24) is 15.2 Å². The molecule has 2 aromatic carbocycles. The van der Waals surface area contributed by atoms with Crippen LogP contribution in [0.3, 0.4) is 0 Å². The summed E-state index contributed by atoms with van der Waals surface area (Å²) in [6, 6.07) is 13.8. The molecule has 27 heavy (non-hydrogen) atoms. The molecular weight excluding hydrogens is 338 g/mol. The maximum atomic E-state index is 12.7. The molecular formula is C22H27N3O2. The Morgan fingerprint density at radius 1 is 1.19 bits per heavy atom. The van der Waals surface area contributed by atoms with E-state index >= 15 is 0 Å². The number of aromatic amines is 1. The number of methoxy groups -OCH3 is 1. The molecule has 1 heterocycles. The standard InChI is InChI=1S/C22H27N3O2/c1-14-15(2)24-20-10-9-17(12-19(14)20)22(26)23-13-21(25(3)4)16-7-6-8-18(11-16)27-5/h6-12,21,24H,13H2,1-5H3,(H,23,26). The first kappa shape index (κ1) is 19.0. The van der Waals surface area contributed by atoms with Gasteiger partial charge in [0.1, 0.15) is 5.75 Å². The number of nitrogens with one attached hydrogen (secondary N) is 2. The highest BCUT2D eigenvalue weighted by Crippen LogP contribution is 2.24. The third kappa shape index (κ3) is 3.98. The van der Waals surface area contributed by atoms with Crippen LogP contribution in [0.15, 0.2) is 42.5 Å². The number of hydrogen-bond donors (Lipinski definition) is 2. The van der Waals surface area contributed by atoms with Crippen LogP contribution >= 0.6 is 0 Å². The van der Waals surface area contributed by atoms with Gasteiger partial charge in [0, 0.05) is 28.7 Å². The van der Waals surface area contributed by atoms with Crippen LogP contribution in [0.1, 0.15) is 33.2 Å². The number of rotatable bonds is 6. The van der Waals surface area contributed by atoms with Gasteiger partial charge in [-0.15, -0.1) is 0 Å². The van der Waals surface area contributed by atoms with Crippen LogP contribution in [0.4, 0.5) is 0 Å². The van der Waals surface area contributed by atoms with Gasteiger partial charge in [-0.05, 0) is 69.4 Å². The van der Waals surface area contributed by atoms with Crippen molar-refractivity contribution in [1.29, 1.82) is 0 Å². The number of hydrogen-bond acceptors (Lipinski definition) is 3. The molecule has 0 aliphatic carbocycles. The molecule has 1 atom stereocenters. The summed E-state index contributed by atoms with van der Waals surface area (Å²) in [6.07, 6.45) is 0. The molecule has 0 spiro atoms. The van der Waals surface area contributed by atoms with E-state index < -0.39 is 0 Å². The lowest BCUT2D eigenvalue weighted by molar-refractivity contribution is 0.0942. The largest absolute Gasteiger partial charge is 0.497 e. The summed E-state index contributed by atoms with van der Waals surface area (Å²) in [7, 11) is 5.68. The summed E-state index contributed by atoms with van der Waals surface area (Å²) in [6.45, 7) is 4.63. The van der Waals surface area contributed by atoms with Gasteiger partial charge in [0.15, 0.2) is 0 Å². The predicted molar refractivity (Wildman–Crippen MR) is 110 cm³/mol. The molecule has 0 aliphatic heterocycles. The molecule has 0 radical (unpaired) electrons. The number of ether oxygens (including phenoxy) is 1. The van der Waals surface area contributed by atoms with Gasteiger partial charge in [-0.25, -0.2) is 0 Å². The molecule has 1 unspecified atom stereocenters. The molecule has 2 N–H and O–H groups in total. The number of benzene rings is 2. The van der Waals surface area contributed by atoms with Gasteiger partial charge < -0.3 is 19.9 Å². The SMILES string of the molecule is COc1cccc(C(CNC(=O)c2ccc3[nH]c(C)c(C)c3c2)N(C)C)c1. The summed E-state index contributed by atoms with van der Waals surface area (Å²) in [5.74, 6) is 0.749. The Morgan fingerprint density at radius 2 is 1.96 bits per heavy atom. The Balaban J connectivity index is 1.77. The fraction of sp³-hybridized carbons (Fsp3) is 0.318. The van der Waals surface area contributed by atoms with Gasteiger partial charge in [0.05, 0.1) is 13.2 Å². The lowest BCUT2D eigenvalue weighted by Crippen LogP contribution is -2.34. The third-order valence-corrected chi connectivity index (χ3v) is 5.13. The van der Waals surface area contributed by atoms with E-state index in [4.69, 9.17) is 4.74 Å². The Hall–Kier alpha value is -2.79. The van der Waals surface area contributed by atoms with Crippen LogP contribution in [0.2, 0.25) is 0 Å². The Morgan fingerprint density at radius 3 is 2.67 bits per heavy atom. The summed E-state index contributed by atoms with van der Waals surface area (Å²) >= 11 is 0. The molecule has 3 rings (SSSR count). The predicted octanol–water partition coefficient (Wildman–Crippen LogP) is 3.83. The second-order valence-electron chi connectivity index (χ2n) is 7.10. The summed E-state index contributed by atoms with van der Waals surface area (Å²) in [4.78, 5) is 18.2. The first-order valence-electron chi connectivity index (χ1n) is 9.08. The topological polar surface area (TPSA) is 57.4 Å². The van der Waals surface area contributed by atoms with Gasteiger partial charge in [-0.1, -0.05) is 12.1 Å². The smallest absolute Gasteiger partial charge is 0.251 e. The first-order valence-corrected chi connectivity index (χ1v) is 9.08. The highest BCUT2D eigenvalue weighted by atomic mass is 16.5. The van der Waals surface area contributed by atoms with Crippen LogP contribution in [0.25, 0.3) is 10.9 Å². The molecule has 0 saturated heterocycles. The zero-order chi connectivity index (χ0) is 19.6. The van der Waals surface area contributed by atoms with Crippen molar-refractivity contribution < 1.29 is 9.53 Å².